The number of aryl methyl sites for hydroxylation is 1. The monoisotopic (exact) mass is 395 g/mol. The molecule has 0 radical (unpaired) electrons. The van der Waals surface area contributed by atoms with Crippen LogP contribution in [0, 0.1) is 0 Å². The van der Waals surface area contributed by atoms with Gasteiger partial charge in [-0.3, -0.25) is 4.79 Å². The van der Waals surface area contributed by atoms with E-state index in [1.165, 1.54) is 21.4 Å². The van der Waals surface area contributed by atoms with E-state index >= 15 is 0 Å². The molecule has 0 spiro atoms. The zero-order valence-electron chi connectivity index (χ0n) is 12.0. The first-order chi connectivity index (χ1) is 10.7. The van der Waals surface area contributed by atoms with E-state index in [1.807, 2.05) is 25.1 Å². The summed E-state index contributed by atoms with van der Waals surface area (Å²) in [6.07, 6.45) is 0.819. The zero-order chi connectivity index (χ0) is 15.5. The van der Waals surface area contributed by atoms with Crippen molar-refractivity contribution in [2.45, 2.75) is 24.9 Å². The first kappa shape index (κ1) is 15.7. The molecular formula is C15H14BrN3OS2. The van der Waals surface area contributed by atoms with Crippen LogP contribution in [-0.2, 0) is 17.9 Å². The number of rotatable bonds is 5. The fourth-order valence-electron chi connectivity index (χ4n) is 1.99. The lowest BCUT2D eigenvalue weighted by molar-refractivity contribution is 0.852. The zero-order valence-corrected chi connectivity index (χ0v) is 15.2. The summed E-state index contributed by atoms with van der Waals surface area (Å²) >= 11 is 6.78. The first-order valence-corrected chi connectivity index (χ1v) is 9.63. The molecule has 0 N–H and O–H groups in total. The Balaban J connectivity index is 1.74. The Hall–Kier alpha value is -1.18. The molecule has 114 valence electrons. The number of halogens is 1. The Kier molecular flexibility index (Phi) is 4.95. The van der Waals surface area contributed by atoms with Gasteiger partial charge in [-0.1, -0.05) is 52.4 Å². The smallest absolute Gasteiger partial charge is 0.267 e. The van der Waals surface area contributed by atoms with E-state index in [4.69, 9.17) is 0 Å². The van der Waals surface area contributed by atoms with Crippen molar-refractivity contribution in [3.8, 4) is 0 Å². The maximum atomic E-state index is 12.1. The maximum Gasteiger partial charge on any atom is 0.275 e. The van der Waals surface area contributed by atoms with Gasteiger partial charge in [0, 0.05) is 22.0 Å². The molecule has 0 atom stereocenters. The van der Waals surface area contributed by atoms with Crippen molar-refractivity contribution < 1.29 is 0 Å². The van der Waals surface area contributed by atoms with Crippen molar-refractivity contribution in [2.24, 2.45) is 0 Å². The highest BCUT2D eigenvalue weighted by Gasteiger charge is 2.08. The van der Waals surface area contributed by atoms with Crippen LogP contribution in [0.2, 0.25) is 0 Å². The third-order valence-electron chi connectivity index (χ3n) is 3.11. The van der Waals surface area contributed by atoms with Crippen LogP contribution in [0.1, 0.15) is 23.2 Å². The van der Waals surface area contributed by atoms with Crippen molar-refractivity contribution in [3.63, 3.8) is 0 Å². The number of hydrogen-bond donors (Lipinski definition) is 0. The Morgan fingerprint density at radius 2 is 2.14 bits per heavy atom. The molecule has 0 fully saturated rings. The second kappa shape index (κ2) is 6.93. The van der Waals surface area contributed by atoms with Gasteiger partial charge in [0.1, 0.15) is 5.01 Å². The molecule has 3 rings (SSSR count). The average molecular weight is 396 g/mol. The Morgan fingerprint density at radius 3 is 2.91 bits per heavy atom. The van der Waals surface area contributed by atoms with Crippen LogP contribution in [0.5, 0.6) is 0 Å². The highest BCUT2D eigenvalue weighted by molar-refractivity contribution is 9.10. The minimum atomic E-state index is -0.0996. The number of hydrogen-bond acceptors (Lipinski definition) is 5. The van der Waals surface area contributed by atoms with Gasteiger partial charge in [0.2, 0.25) is 4.96 Å². The molecule has 0 aliphatic carbocycles. The fraction of sp³-hybridized carbons (Fsp3) is 0.267. The predicted octanol–water partition coefficient (Wildman–Crippen LogP) is 3.91. The van der Waals surface area contributed by atoms with E-state index < -0.39 is 0 Å². The summed E-state index contributed by atoms with van der Waals surface area (Å²) in [5.74, 6) is 1.60. The number of thioether (sulfide) groups is 1. The van der Waals surface area contributed by atoms with E-state index in [1.54, 1.807) is 17.8 Å². The lowest BCUT2D eigenvalue weighted by atomic mass is 10.2. The minimum Gasteiger partial charge on any atom is -0.267 e. The molecule has 0 aliphatic rings. The molecule has 0 bridgehead atoms. The van der Waals surface area contributed by atoms with E-state index in [0.29, 0.717) is 10.7 Å². The lowest BCUT2D eigenvalue weighted by Gasteiger charge is -2.04. The molecule has 0 aliphatic heterocycles. The summed E-state index contributed by atoms with van der Waals surface area (Å²) in [6, 6.07) is 9.75. The van der Waals surface area contributed by atoms with Crippen LogP contribution >= 0.6 is 39.0 Å². The van der Waals surface area contributed by atoms with Crippen LogP contribution in [-0.4, -0.2) is 14.6 Å². The van der Waals surface area contributed by atoms with E-state index in [0.717, 1.165) is 27.3 Å². The van der Waals surface area contributed by atoms with Gasteiger partial charge < -0.3 is 0 Å². The normalized spacial score (nSPS) is 11.2. The van der Waals surface area contributed by atoms with E-state index in [9.17, 15) is 4.79 Å². The molecule has 7 heteroatoms. The van der Waals surface area contributed by atoms with E-state index in [2.05, 4.69) is 32.1 Å². The van der Waals surface area contributed by atoms with Crippen LogP contribution in [0.3, 0.4) is 0 Å². The summed E-state index contributed by atoms with van der Waals surface area (Å²) in [5.41, 5.74) is 1.96. The van der Waals surface area contributed by atoms with Gasteiger partial charge in [-0.05, 0) is 18.1 Å². The molecule has 2 heterocycles. The third kappa shape index (κ3) is 3.42. The highest BCUT2D eigenvalue weighted by Crippen LogP contribution is 2.23. The van der Waals surface area contributed by atoms with Gasteiger partial charge in [0.25, 0.3) is 5.56 Å². The summed E-state index contributed by atoms with van der Waals surface area (Å²) in [6.45, 7) is 2.03. The minimum absolute atomic E-state index is 0.0996. The molecule has 2 aromatic heterocycles. The summed E-state index contributed by atoms with van der Waals surface area (Å²) in [4.78, 5) is 17.3. The van der Waals surface area contributed by atoms with Gasteiger partial charge in [-0.2, -0.15) is 21.4 Å². The largest absolute Gasteiger partial charge is 0.275 e. The van der Waals surface area contributed by atoms with Gasteiger partial charge >= 0.3 is 0 Å². The van der Waals surface area contributed by atoms with Crippen molar-refractivity contribution in [1.29, 1.82) is 0 Å². The van der Waals surface area contributed by atoms with Crippen LogP contribution < -0.4 is 5.56 Å². The quantitative estimate of drug-likeness (QED) is 0.656. The second-order valence-electron chi connectivity index (χ2n) is 4.71. The van der Waals surface area contributed by atoms with Crippen molar-refractivity contribution in [2.75, 3.05) is 0 Å². The van der Waals surface area contributed by atoms with Crippen LogP contribution in [0.4, 0.5) is 0 Å². The molecule has 1 aromatic carbocycles. The average Bonchev–Trinajstić information content (AvgIpc) is 2.93. The lowest BCUT2D eigenvalue weighted by Crippen LogP contribution is -2.15. The van der Waals surface area contributed by atoms with E-state index in [-0.39, 0.29) is 5.56 Å². The van der Waals surface area contributed by atoms with Crippen LogP contribution in [0.25, 0.3) is 4.96 Å². The second-order valence-corrected chi connectivity index (χ2v) is 7.59. The Bertz CT molecular complexity index is 859. The fourth-order valence-corrected chi connectivity index (χ4v) is 4.39. The molecule has 22 heavy (non-hydrogen) atoms. The summed E-state index contributed by atoms with van der Waals surface area (Å²) < 4.78 is 2.51. The van der Waals surface area contributed by atoms with Gasteiger partial charge in [0.15, 0.2) is 0 Å². The third-order valence-corrected chi connectivity index (χ3v) is 5.95. The highest BCUT2D eigenvalue weighted by atomic mass is 79.9. The van der Waals surface area contributed by atoms with Crippen LogP contribution in [0.15, 0.2) is 39.6 Å². The first-order valence-electron chi connectivity index (χ1n) is 6.87. The molecule has 0 amide bonds. The Labute approximate surface area is 144 Å². The number of aromatic nitrogens is 3. The molecular weight excluding hydrogens is 382 g/mol. The molecule has 4 nitrogen and oxygen atoms in total. The molecule has 0 saturated carbocycles. The predicted molar refractivity (Wildman–Crippen MR) is 95.7 cm³/mol. The molecule has 3 aromatic rings. The number of nitrogens with zero attached hydrogens (tertiary/aromatic N) is 3. The molecule has 0 unspecified atom stereocenters. The van der Waals surface area contributed by atoms with Crippen molar-refractivity contribution >= 4 is 44.0 Å². The maximum absolute atomic E-state index is 12.1. The SMILES string of the molecule is CCc1nn2c(=O)cc(CSCc3ccccc3Br)nc2s1. The van der Waals surface area contributed by atoms with Gasteiger partial charge in [-0.25, -0.2) is 4.98 Å². The summed E-state index contributed by atoms with van der Waals surface area (Å²) in [5, 5.41) is 5.19. The standard InChI is InChI=1S/C15H14BrN3OS2/c1-2-13-18-19-14(20)7-11(17-15(19)22-13)9-21-8-10-5-3-4-6-12(10)16/h3-7H,2,8-9H2,1H3. The van der Waals surface area contributed by atoms with Gasteiger partial charge in [-0.15, -0.1) is 0 Å². The summed E-state index contributed by atoms with van der Waals surface area (Å²) in [7, 11) is 0. The Morgan fingerprint density at radius 1 is 1.32 bits per heavy atom. The van der Waals surface area contributed by atoms with Crippen molar-refractivity contribution in [3.05, 3.63) is 61.4 Å². The number of benzene rings is 1. The van der Waals surface area contributed by atoms with Crippen molar-refractivity contribution in [1.82, 2.24) is 14.6 Å². The topological polar surface area (TPSA) is 47.3 Å². The van der Waals surface area contributed by atoms with Gasteiger partial charge in [0.05, 0.1) is 5.69 Å². The number of fused-ring (bicyclic) bond motifs is 1. The molecule has 0 saturated heterocycles.